The second-order valence-electron chi connectivity index (χ2n) is 4.87. The normalized spacial score (nSPS) is 10.1. The first-order chi connectivity index (χ1) is 11.0. The number of carbonyl (C=O) groups is 1. The number of ether oxygens (including phenoxy) is 2. The molecule has 0 saturated heterocycles. The van der Waals surface area contributed by atoms with Crippen LogP contribution in [0.3, 0.4) is 0 Å². The number of hydrogen-bond acceptors (Lipinski definition) is 4. The summed E-state index contributed by atoms with van der Waals surface area (Å²) in [5.74, 6) is 1.30. The first-order valence-corrected chi connectivity index (χ1v) is 7.85. The summed E-state index contributed by atoms with van der Waals surface area (Å²) in [4.78, 5) is 11.0. The number of amides is 1. The average Bonchev–Trinajstić information content (AvgIpc) is 2.54. The zero-order valence-electron chi connectivity index (χ0n) is 13.3. The molecule has 0 radical (unpaired) electrons. The van der Waals surface area contributed by atoms with Crippen LogP contribution in [0.25, 0.3) is 0 Å². The van der Waals surface area contributed by atoms with Gasteiger partial charge in [-0.3, -0.25) is 4.79 Å². The Morgan fingerprint density at radius 1 is 1.04 bits per heavy atom. The van der Waals surface area contributed by atoms with Gasteiger partial charge < -0.3 is 20.1 Å². The van der Waals surface area contributed by atoms with Crippen molar-refractivity contribution < 1.29 is 14.3 Å². The predicted molar refractivity (Wildman–Crippen MR) is 95.3 cm³/mol. The van der Waals surface area contributed by atoms with Crippen LogP contribution in [0, 0.1) is 0 Å². The standard InChI is InChI=1S/C17H19BrN2O3/c1-11(21)20-13-6-4-12(5-7-13)19-10-14-15(18)8-9-16(22-2)17(14)23-3/h4-9,19H,10H2,1-3H3,(H,20,21). The van der Waals surface area contributed by atoms with Crippen LogP contribution in [-0.4, -0.2) is 20.1 Å². The molecule has 5 nitrogen and oxygen atoms in total. The van der Waals surface area contributed by atoms with Gasteiger partial charge in [0, 0.05) is 34.9 Å². The van der Waals surface area contributed by atoms with Gasteiger partial charge >= 0.3 is 0 Å². The predicted octanol–water partition coefficient (Wildman–Crippen LogP) is 4.04. The van der Waals surface area contributed by atoms with Gasteiger partial charge in [-0.05, 0) is 36.4 Å². The van der Waals surface area contributed by atoms with E-state index in [-0.39, 0.29) is 5.91 Å². The van der Waals surface area contributed by atoms with Crippen molar-refractivity contribution in [3.8, 4) is 11.5 Å². The van der Waals surface area contributed by atoms with E-state index in [9.17, 15) is 4.79 Å². The molecular weight excluding hydrogens is 360 g/mol. The maximum absolute atomic E-state index is 11.0. The summed E-state index contributed by atoms with van der Waals surface area (Å²) in [5.41, 5.74) is 2.68. The highest BCUT2D eigenvalue weighted by Gasteiger charge is 2.13. The molecule has 6 heteroatoms. The summed E-state index contributed by atoms with van der Waals surface area (Å²) in [6.07, 6.45) is 0. The number of nitrogens with one attached hydrogen (secondary N) is 2. The highest BCUT2D eigenvalue weighted by atomic mass is 79.9. The number of methoxy groups -OCH3 is 2. The Hall–Kier alpha value is -2.21. The largest absolute Gasteiger partial charge is 0.493 e. The summed E-state index contributed by atoms with van der Waals surface area (Å²) in [6.45, 7) is 2.05. The van der Waals surface area contributed by atoms with E-state index in [1.165, 1.54) is 6.92 Å². The number of anilines is 2. The van der Waals surface area contributed by atoms with Crippen molar-refractivity contribution in [3.63, 3.8) is 0 Å². The maximum Gasteiger partial charge on any atom is 0.221 e. The van der Waals surface area contributed by atoms with Crippen LogP contribution in [0.1, 0.15) is 12.5 Å². The van der Waals surface area contributed by atoms with E-state index in [2.05, 4.69) is 26.6 Å². The third-order valence-electron chi connectivity index (χ3n) is 3.27. The summed E-state index contributed by atoms with van der Waals surface area (Å²) in [5, 5.41) is 6.07. The van der Waals surface area contributed by atoms with Gasteiger partial charge in [0.1, 0.15) is 0 Å². The van der Waals surface area contributed by atoms with Crippen molar-refractivity contribution in [1.82, 2.24) is 0 Å². The lowest BCUT2D eigenvalue weighted by molar-refractivity contribution is -0.114. The molecule has 2 aromatic carbocycles. The number of rotatable bonds is 6. The fraction of sp³-hybridized carbons (Fsp3) is 0.235. The summed E-state index contributed by atoms with van der Waals surface area (Å²) >= 11 is 3.54. The molecule has 122 valence electrons. The Kier molecular flexibility index (Phi) is 5.87. The zero-order chi connectivity index (χ0) is 16.8. The molecule has 2 rings (SSSR count). The SMILES string of the molecule is COc1ccc(Br)c(CNc2ccc(NC(C)=O)cc2)c1OC. The molecule has 0 aliphatic rings. The van der Waals surface area contributed by atoms with Crippen molar-refractivity contribution in [2.75, 3.05) is 24.9 Å². The van der Waals surface area contributed by atoms with Crippen molar-refractivity contribution in [1.29, 1.82) is 0 Å². The first kappa shape index (κ1) is 17.1. The Bertz CT molecular complexity index is 687. The molecule has 2 N–H and O–H groups in total. The number of benzene rings is 2. The highest BCUT2D eigenvalue weighted by molar-refractivity contribution is 9.10. The molecular formula is C17H19BrN2O3. The van der Waals surface area contributed by atoms with Gasteiger partial charge in [0.2, 0.25) is 5.91 Å². The van der Waals surface area contributed by atoms with E-state index in [4.69, 9.17) is 9.47 Å². The molecule has 0 heterocycles. The molecule has 0 bridgehead atoms. The molecule has 1 amide bonds. The minimum Gasteiger partial charge on any atom is -0.493 e. The third kappa shape index (κ3) is 4.39. The van der Waals surface area contributed by atoms with E-state index >= 15 is 0 Å². The Morgan fingerprint density at radius 3 is 2.26 bits per heavy atom. The molecule has 23 heavy (non-hydrogen) atoms. The highest BCUT2D eigenvalue weighted by Crippen LogP contribution is 2.36. The minimum absolute atomic E-state index is 0.0873. The van der Waals surface area contributed by atoms with Crippen LogP contribution in [0.5, 0.6) is 11.5 Å². The molecule has 0 spiro atoms. The molecule has 2 aromatic rings. The van der Waals surface area contributed by atoms with E-state index in [1.807, 2.05) is 36.4 Å². The van der Waals surface area contributed by atoms with Gasteiger partial charge in [-0.15, -0.1) is 0 Å². The second-order valence-corrected chi connectivity index (χ2v) is 5.73. The number of halogens is 1. The van der Waals surface area contributed by atoms with Crippen LogP contribution in [-0.2, 0) is 11.3 Å². The van der Waals surface area contributed by atoms with Crippen LogP contribution in [0.15, 0.2) is 40.9 Å². The molecule has 0 saturated carbocycles. The Morgan fingerprint density at radius 2 is 1.70 bits per heavy atom. The van der Waals surface area contributed by atoms with Crippen LogP contribution < -0.4 is 20.1 Å². The van der Waals surface area contributed by atoms with Gasteiger partial charge in [-0.2, -0.15) is 0 Å². The Labute approximate surface area is 144 Å². The van der Waals surface area contributed by atoms with Gasteiger partial charge in [0.25, 0.3) is 0 Å². The number of carbonyl (C=O) groups excluding carboxylic acids is 1. The quantitative estimate of drug-likeness (QED) is 0.796. The Balaban J connectivity index is 2.13. The lowest BCUT2D eigenvalue weighted by Gasteiger charge is -2.15. The molecule has 0 aliphatic carbocycles. The molecule has 0 aliphatic heterocycles. The van der Waals surface area contributed by atoms with Gasteiger partial charge in [-0.1, -0.05) is 15.9 Å². The smallest absolute Gasteiger partial charge is 0.221 e. The van der Waals surface area contributed by atoms with Crippen molar-refractivity contribution in [3.05, 3.63) is 46.4 Å². The van der Waals surface area contributed by atoms with E-state index in [1.54, 1.807) is 14.2 Å². The zero-order valence-corrected chi connectivity index (χ0v) is 14.9. The monoisotopic (exact) mass is 378 g/mol. The maximum atomic E-state index is 11.0. The summed E-state index contributed by atoms with van der Waals surface area (Å²) < 4.78 is 11.7. The minimum atomic E-state index is -0.0873. The van der Waals surface area contributed by atoms with Crippen molar-refractivity contribution >= 4 is 33.2 Å². The van der Waals surface area contributed by atoms with Crippen molar-refractivity contribution in [2.24, 2.45) is 0 Å². The summed E-state index contributed by atoms with van der Waals surface area (Å²) in [7, 11) is 3.24. The average molecular weight is 379 g/mol. The third-order valence-corrected chi connectivity index (χ3v) is 4.01. The number of hydrogen-bond donors (Lipinski definition) is 2. The summed E-state index contributed by atoms with van der Waals surface area (Å²) in [6, 6.07) is 11.3. The molecule has 0 atom stereocenters. The lowest BCUT2D eigenvalue weighted by Crippen LogP contribution is -2.06. The van der Waals surface area contributed by atoms with Gasteiger partial charge in [0.15, 0.2) is 11.5 Å². The van der Waals surface area contributed by atoms with Gasteiger partial charge in [-0.25, -0.2) is 0 Å². The van der Waals surface area contributed by atoms with Crippen LogP contribution in [0.4, 0.5) is 11.4 Å². The fourth-order valence-electron chi connectivity index (χ4n) is 2.20. The molecule has 0 unspecified atom stereocenters. The first-order valence-electron chi connectivity index (χ1n) is 7.06. The fourth-order valence-corrected chi connectivity index (χ4v) is 2.65. The van der Waals surface area contributed by atoms with Gasteiger partial charge in [0.05, 0.1) is 14.2 Å². The molecule has 0 aromatic heterocycles. The van der Waals surface area contributed by atoms with E-state index in [0.29, 0.717) is 18.0 Å². The lowest BCUT2D eigenvalue weighted by atomic mass is 10.1. The topological polar surface area (TPSA) is 59.6 Å². The van der Waals surface area contributed by atoms with E-state index < -0.39 is 0 Å². The van der Waals surface area contributed by atoms with Crippen LogP contribution in [0.2, 0.25) is 0 Å². The van der Waals surface area contributed by atoms with Crippen molar-refractivity contribution in [2.45, 2.75) is 13.5 Å². The second kappa shape index (κ2) is 7.87. The van der Waals surface area contributed by atoms with Crippen LogP contribution >= 0.6 is 15.9 Å². The molecule has 0 fully saturated rings. The van der Waals surface area contributed by atoms with E-state index in [0.717, 1.165) is 21.4 Å².